The van der Waals surface area contributed by atoms with Crippen molar-refractivity contribution in [1.82, 2.24) is 26.2 Å². The number of rotatable bonds is 16. The Hall–Kier alpha value is -3.14. The van der Waals surface area contributed by atoms with Crippen molar-refractivity contribution >= 4 is 39.4 Å². The van der Waals surface area contributed by atoms with Crippen LogP contribution in [0.2, 0.25) is 0 Å². The minimum absolute atomic E-state index is 0.0614. The monoisotopic (exact) mass is 785 g/mol. The molecular formula is C42H67N5O7S. The number of ketones is 1. The second-order valence-electron chi connectivity index (χ2n) is 19.0. The fourth-order valence-corrected chi connectivity index (χ4v) is 11.8. The molecule has 5 atom stereocenters. The third kappa shape index (κ3) is 9.20. The molecule has 5 fully saturated rings. The van der Waals surface area contributed by atoms with Crippen LogP contribution in [0.15, 0.2) is 0 Å². The summed E-state index contributed by atoms with van der Waals surface area (Å²) >= 11 is 0. The van der Waals surface area contributed by atoms with Gasteiger partial charge in [0.25, 0.3) is 5.91 Å². The van der Waals surface area contributed by atoms with E-state index in [9.17, 15) is 27.6 Å². The Labute approximate surface area is 329 Å². The van der Waals surface area contributed by atoms with Crippen LogP contribution in [0.5, 0.6) is 0 Å². The fourth-order valence-electron chi connectivity index (χ4n) is 9.93. The fraction of sp³-hybridized carbons (Fsp3) is 0.833. The molecule has 0 aromatic carbocycles. The molecule has 5 rings (SSSR count). The van der Waals surface area contributed by atoms with Gasteiger partial charge in [-0.05, 0) is 81.0 Å². The first-order valence-corrected chi connectivity index (χ1v) is 22.6. The van der Waals surface area contributed by atoms with Crippen molar-refractivity contribution in [2.75, 3.05) is 18.8 Å². The summed E-state index contributed by atoms with van der Waals surface area (Å²) < 4.78 is 26.5. The highest BCUT2D eigenvalue weighted by Gasteiger charge is 2.70. The Kier molecular flexibility index (Phi) is 13.1. The van der Waals surface area contributed by atoms with E-state index < -0.39 is 67.3 Å². The molecule has 2 unspecified atom stereocenters. The molecule has 4 N–H and O–H groups in total. The van der Waals surface area contributed by atoms with E-state index in [1.165, 1.54) is 0 Å². The Morgan fingerprint density at radius 1 is 0.909 bits per heavy atom. The largest absolute Gasteiger partial charge is 0.348 e. The first-order valence-electron chi connectivity index (χ1n) is 21.0. The Morgan fingerprint density at radius 3 is 2.09 bits per heavy atom. The number of terminal acetylenes is 1. The van der Waals surface area contributed by atoms with Gasteiger partial charge in [0.1, 0.15) is 12.1 Å². The van der Waals surface area contributed by atoms with Crippen LogP contribution in [0.25, 0.3) is 0 Å². The molecule has 0 aromatic rings. The number of amides is 5. The van der Waals surface area contributed by atoms with E-state index in [4.69, 9.17) is 6.42 Å². The van der Waals surface area contributed by atoms with Crippen LogP contribution in [0, 0.1) is 40.9 Å². The minimum Gasteiger partial charge on any atom is -0.348 e. The quantitative estimate of drug-likeness (QED) is 0.0990. The third-order valence-corrected chi connectivity index (χ3v) is 17.4. The normalized spacial score (nSPS) is 26.6. The first kappa shape index (κ1) is 43.0. The lowest BCUT2D eigenvalue weighted by atomic mass is 9.70. The molecule has 0 radical (unpaired) electrons. The van der Waals surface area contributed by atoms with Gasteiger partial charge in [0.05, 0.1) is 22.1 Å². The molecule has 4 aliphatic carbocycles. The standard InChI is InChI=1S/C42H67N5O7S/c1-8-10-24-43-36(50)33(48)30(25-28-18-17-19-28)44-35(49)32-31-29(40(31,5)6)26-47(32)37(51)34(41(7)20-13-11-14-21-41)45-38(52)46-42(22-15-12-16-23-42)27-55(53,54)39(3,4)9-2/h1,28-32,34H,9-27H2,2-7H3,(H,43,50)(H,44,49)(H2,45,46,52)/t29?,30?,31-,32-,34+/m0/s1. The highest BCUT2D eigenvalue weighted by molar-refractivity contribution is 7.92. The van der Waals surface area contributed by atoms with Crippen molar-refractivity contribution in [3.63, 3.8) is 0 Å². The van der Waals surface area contributed by atoms with Crippen molar-refractivity contribution in [2.24, 2.45) is 28.6 Å². The summed E-state index contributed by atoms with van der Waals surface area (Å²) in [6.45, 7) is 12.0. The van der Waals surface area contributed by atoms with Crippen molar-refractivity contribution in [3.05, 3.63) is 0 Å². The number of nitrogens with zero attached hydrogens (tertiary/aromatic N) is 1. The number of hydrogen-bond donors (Lipinski definition) is 4. The number of Topliss-reactive ketones (excluding diaryl/α,β-unsaturated/α-hetero) is 1. The zero-order chi connectivity index (χ0) is 40.4. The summed E-state index contributed by atoms with van der Waals surface area (Å²) in [6, 6.07) is -3.43. The van der Waals surface area contributed by atoms with Gasteiger partial charge in [-0.15, -0.1) is 12.3 Å². The third-order valence-electron chi connectivity index (χ3n) is 14.5. The van der Waals surface area contributed by atoms with Crippen LogP contribution in [-0.2, 0) is 29.0 Å². The van der Waals surface area contributed by atoms with Gasteiger partial charge in [0, 0.05) is 19.5 Å². The molecule has 13 heteroatoms. The van der Waals surface area contributed by atoms with Gasteiger partial charge in [-0.3, -0.25) is 19.2 Å². The van der Waals surface area contributed by atoms with E-state index in [0.717, 1.165) is 57.8 Å². The number of urea groups is 1. The lowest BCUT2D eigenvalue weighted by Gasteiger charge is -2.44. The highest BCUT2D eigenvalue weighted by Crippen LogP contribution is 2.65. The van der Waals surface area contributed by atoms with Gasteiger partial charge in [0.15, 0.2) is 9.84 Å². The van der Waals surface area contributed by atoms with E-state index in [-0.39, 0.29) is 47.8 Å². The van der Waals surface area contributed by atoms with E-state index in [1.54, 1.807) is 18.7 Å². The zero-order valence-electron chi connectivity index (χ0n) is 34.2. The maximum Gasteiger partial charge on any atom is 0.315 e. The summed E-state index contributed by atoms with van der Waals surface area (Å²) in [5, 5.41) is 11.7. The molecule has 1 aliphatic heterocycles. The summed E-state index contributed by atoms with van der Waals surface area (Å²) in [4.78, 5) is 71.6. The SMILES string of the molecule is C#CCCNC(=O)C(=O)C(CC1CCC1)NC(=O)[C@@H]1[C@@H]2C(CN1C(=O)[C@@H](NC(=O)NC1(CS(=O)(=O)C(C)(C)CC)CCCCC1)C1(C)CCCCC1)C2(C)C. The molecule has 55 heavy (non-hydrogen) atoms. The molecule has 308 valence electrons. The Balaban J connectivity index is 1.40. The number of hydrogen-bond acceptors (Lipinski definition) is 7. The molecule has 1 heterocycles. The van der Waals surface area contributed by atoms with Gasteiger partial charge in [0.2, 0.25) is 17.6 Å². The summed E-state index contributed by atoms with van der Waals surface area (Å²) in [5.41, 5.74) is -1.75. The Morgan fingerprint density at radius 2 is 1.53 bits per heavy atom. The zero-order valence-corrected chi connectivity index (χ0v) is 35.0. The molecule has 0 bridgehead atoms. The molecule has 0 aromatic heterocycles. The average Bonchev–Trinajstić information content (AvgIpc) is 3.41. The van der Waals surface area contributed by atoms with E-state index in [1.807, 2.05) is 13.8 Å². The van der Waals surface area contributed by atoms with Crippen molar-refractivity contribution in [3.8, 4) is 12.3 Å². The molecule has 12 nitrogen and oxygen atoms in total. The van der Waals surface area contributed by atoms with Crippen LogP contribution in [0.3, 0.4) is 0 Å². The van der Waals surface area contributed by atoms with Crippen LogP contribution in [0.1, 0.15) is 144 Å². The van der Waals surface area contributed by atoms with E-state index in [2.05, 4.69) is 41.0 Å². The van der Waals surface area contributed by atoms with Crippen LogP contribution in [0.4, 0.5) is 4.79 Å². The number of piperidine rings is 1. The number of sulfone groups is 1. The van der Waals surface area contributed by atoms with Crippen LogP contribution in [-0.4, -0.2) is 90.1 Å². The lowest BCUT2D eigenvalue weighted by molar-refractivity contribution is -0.146. The summed E-state index contributed by atoms with van der Waals surface area (Å²) in [7, 11) is -3.59. The van der Waals surface area contributed by atoms with Gasteiger partial charge in [-0.2, -0.15) is 0 Å². The van der Waals surface area contributed by atoms with E-state index in [0.29, 0.717) is 45.1 Å². The number of likely N-dealkylation sites (tertiary alicyclic amines) is 1. The maximum atomic E-state index is 15.0. The second-order valence-corrected chi connectivity index (χ2v) is 21.6. The summed E-state index contributed by atoms with van der Waals surface area (Å²) in [6.07, 6.45) is 17.1. The van der Waals surface area contributed by atoms with Crippen molar-refractivity contribution in [2.45, 2.75) is 173 Å². The van der Waals surface area contributed by atoms with Gasteiger partial charge in [-0.25, -0.2) is 13.2 Å². The predicted molar refractivity (Wildman–Crippen MR) is 212 cm³/mol. The molecule has 5 aliphatic rings. The van der Waals surface area contributed by atoms with Gasteiger partial charge >= 0.3 is 6.03 Å². The van der Waals surface area contributed by atoms with Gasteiger partial charge in [-0.1, -0.05) is 85.5 Å². The van der Waals surface area contributed by atoms with Crippen LogP contribution >= 0.6 is 0 Å². The Bertz CT molecular complexity index is 1620. The van der Waals surface area contributed by atoms with Gasteiger partial charge < -0.3 is 26.2 Å². The van der Waals surface area contributed by atoms with Crippen molar-refractivity contribution in [1.29, 1.82) is 0 Å². The molecule has 5 amide bonds. The van der Waals surface area contributed by atoms with E-state index >= 15 is 4.79 Å². The maximum absolute atomic E-state index is 15.0. The van der Waals surface area contributed by atoms with Crippen molar-refractivity contribution < 1.29 is 32.4 Å². The molecule has 0 spiro atoms. The van der Waals surface area contributed by atoms with Crippen LogP contribution < -0.4 is 21.3 Å². The number of fused-ring (bicyclic) bond motifs is 1. The smallest absolute Gasteiger partial charge is 0.315 e. The number of carbonyl (C=O) groups is 5. The second kappa shape index (κ2) is 16.8. The topological polar surface area (TPSA) is 171 Å². The first-order chi connectivity index (χ1) is 25.8. The molecular weight excluding hydrogens is 719 g/mol. The highest BCUT2D eigenvalue weighted by atomic mass is 32.2. The molecule has 1 saturated heterocycles. The lowest BCUT2D eigenvalue weighted by Crippen LogP contribution is -2.65. The summed E-state index contributed by atoms with van der Waals surface area (Å²) in [5.74, 6) is 0.108. The number of carbonyl (C=O) groups excluding carboxylic acids is 5. The number of nitrogens with one attached hydrogen (secondary N) is 4. The predicted octanol–water partition coefficient (Wildman–Crippen LogP) is 4.80. The molecule has 4 saturated carbocycles. The average molecular weight is 786 g/mol. The minimum atomic E-state index is -3.59.